The fraction of sp³-hybridized carbons (Fsp3) is 0.100. The van der Waals surface area contributed by atoms with Gasteiger partial charge in [-0.3, -0.25) is 4.79 Å². The zero-order valence-corrected chi connectivity index (χ0v) is 14.9. The standard InChI is InChI=1S/C20H16N2O3S/c1-14-4-7-18(8-5-14)26-19-9-6-16(25-19)11-15(12-21)20(23)22-13-17-3-2-10-24-17/h2-11H,13H2,1H3,(H,22,23). The van der Waals surface area contributed by atoms with E-state index in [4.69, 9.17) is 8.83 Å². The largest absolute Gasteiger partial charge is 0.467 e. The van der Waals surface area contributed by atoms with E-state index in [9.17, 15) is 10.1 Å². The first-order chi connectivity index (χ1) is 12.6. The number of rotatable bonds is 6. The molecule has 1 amide bonds. The summed E-state index contributed by atoms with van der Waals surface area (Å²) in [7, 11) is 0. The number of nitrogens with zero attached hydrogens (tertiary/aromatic N) is 1. The highest BCUT2D eigenvalue weighted by Gasteiger charge is 2.11. The lowest BCUT2D eigenvalue weighted by atomic mass is 10.2. The SMILES string of the molecule is Cc1ccc(Sc2ccc(C=C(C#N)C(=O)NCc3ccco3)o2)cc1. The molecule has 26 heavy (non-hydrogen) atoms. The van der Waals surface area contributed by atoms with Crippen LogP contribution in [0.5, 0.6) is 0 Å². The third-order valence-corrected chi connectivity index (χ3v) is 4.42. The Hall–Kier alpha value is -3.17. The van der Waals surface area contributed by atoms with Crippen molar-refractivity contribution < 1.29 is 13.6 Å². The average molecular weight is 364 g/mol. The molecule has 6 heteroatoms. The van der Waals surface area contributed by atoms with Gasteiger partial charge in [0, 0.05) is 11.0 Å². The Morgan fingerprint density at radius 2 is 2.04 bits per heavy atom. The molecule has 0 saturated heterocycles. The number of carbonyl (C=O) groups excluding carboxylic acids is 1. The van der Waals surface area contributed by atoms with Crippen molar-refractivity contribution in [2.24, 2.45) is 0 Å². The second-order valence-electron chi connectivity index (χ2n) is 5.50. The molecule has 3 rings (SSSR count). The zero-order valence-electron chi connectivity index (χ0n) is 14.1. The van der Waals surface area contributed by atoms with E-state index in [0.717, 1.165) is 4.90 Å². The van der Waals surface area contributed by atoms with E-state index in [1.807, 2.05) is 43.3 Å². The van der Waals surface area contributed by atoms with Crippen LogP contribution in [0.1, 0.15) is 17.1 Å². The number of hydrogen-bond acceptors (Lipinski definition) is 5. The van der Waals surface area contributed by atoms with Gasteiger partial charge in [0.2, 0.25) is 0 Å². The minimum Gasteiger partial charge on any atom is -0.467 e. The topological polar surface area (TPSA) is 79.2 Å². The van der Waals surface area contributed by atoms with Crippen LogP contribution in [0, 0.1) is 18.3 Å². The summed E-state index contributed by atoms with van der Waals surface area (Å²) in [6, 6.07) is 17.0. The Morgan fingerprint density at radius 3 is 2.73 bits per heavy atom. The summed E-state index contributed by atoms with van der Waals surface area (Å²) >= 11 is 1.48. The summed E-state index contributed by atoms with van der Waals surface area (Å²) in [5.41, 5.74) is 1.16. The van der Waals surface area contributed by atoms with Crippen molar-refractivity contribution in [3.63, 3.8) is 0 Å². The van der Waals surface area contributed by atoms with Crippen molar-refractivity contribution in [3.05, 3.63) is 77.5 Å². The van der Waals surface area contributed by atoms with Gasteiger partial charge >= 0.3 is 0 Å². The van der Waals surface area contributed by atoms with Crippen molar-refractivity contribution in [1.82, 2.24) is 5.32 Å². The molecule has 0 atom stereocenters. The van der Waals surface area contributed by atoms with Gasteiger partial charge in [-0.2, -0.15) is 5.26 Å². The van der Waals surface area contributed by atoms with Gasteiger partial charge in [0.05, 0.1) is 12.8 Å². The number of nitrogens with one attached hydrogen (secondary N) is 1. The first-order valence-corrected chi connectivity index (χ1v) is 8.72. The minimum absolute atomic E-state index is 0.0298. The van der Waals surface area contributed by atoms with Gasteiger partial charge < -0.3 is 14.2 Å². The lowest BCUT2D eigenvalue weighted by Crippen LogP contribution is -2.23. The number of furan rings is 2. The van der Waals surface area contributed by atoms with E-state index in [0.29, 0.717) is 16.6 Å². The maximum Gasteiger partial charge on any atom is 0.262 e. The molecular formula is C20H16N2O3S. The van der Waals surface area contributed by atoms with Gasteiger partial charge in [-0.15, -0.1) is 0 Å². The Kier molecular flexibility index (Phi) is 5.62. The van der Waals surface area contributed by atoms with Crippen molar-refractivity contribution in [2.45, 2.75) is 23.5 Å². The van der Waals surface area contributed by atoms with Gasteiger partial charge in [0.15, 0.2) is 5.09 Å². The predicted molar refractivity (Wildman–Crippen MR) is 98.2 cm³/mol. The first kappa shape index (κ1) is 17.6. The third kappa shape index (κ3) is 4.68. The number of carbonyl (C=O) groups is 1. The van der Waals surface area contributed by atoms with E-state index >= 15 is 0 Å². The molecule has 2 aromatic heterocycles. The van der Waals surface area contributed by atoms with E-state index in [2.05, 4.69) is 5.32 Å². The van der Waals surface area contributed by atoms with Crippen LogP contribution in [-0.4, -0.2) is 5.91 Å². The van der Waals surface area contributed by atoms with Crippen LogP contribution in [0.3, 0.4) is 0 Å². The van der Waals surface area contributed by atoms with Gasteiger partial charge in [0.1, 0.15) is 23.2 Å². The fourth-order valence-electron chi connectivity index (χ4n) is 2.16. The molecule has 0 fully saturated rings. The van der Waals surface area contributed by atoms with Crippen LogP contribution >= 0.6 is 11.8 Å². The predicted octanol–water partition coefficient (Wildman–Crippen LogP) is 4.56. The van der Waals surface area contributed by atoms with Gasteiger partial charge in [-0.1, -0.05) is 29.5 Å². The molecule has 0 aliphatic carbocycles. The lowest BCUT2D eigenvalue weighted by Gasteiger charge is -2.01. The molecule has 0 unspecified atom stereocenters. The van der Waals surface area contributed by atoms with Crippen LogP contribution in [0.2, 0.25) is 0 Å². The maximum atomic E-state index is 12.1. The quantitative estimate of drug-likeness (QED) is 0.512. The molecule has 5 nitrogen and oxygen atoms in total. The van der Waals surface area contributed by atoms with Crippen molar-refractivity contribution in [3.8, 4) is 6.07 Å². The Morgan fingerprint density at radius 1 is 1.23 bits per heavy atom. The number of aryl methyl sites for hydroxylation is 1. The van der Waals surface area contributed by atoms with E-state index in [-0.39, 0.29) is 12.1 Å². The zero-order chi connectivity index (χ0) is 18.4. The average Bonchev–Trinajstić information content (AvgIpc) is 3.31. The Labute approximate surface area is 155 Å². The summed E-state index contributed by atoms with van der Waals surface area (Å²) in [5.74, 6) is 0.586. The van der Waals surface area contributed by atoms with Crippen molar-refractivity contribution >= 4 is 23.7 Å². The van der Waals surface area contributed by atoms with E-state index in [1.54, 1.807) is 18.2 Å². The molecule has 0 aliphatic heterocycles. The molecule has 0 radical (unpaired) electrons. The van der Waals surface area contributed by atoms with Crippen molar-refractivity contribution in [2.75, 3.05) is 0 Å². The summed E-state index contributed by atoms with van der Waals surface area (Å²) in [5, 5.41) is 12.6. The van der Waals surface area contributed by atoms with Crippen LogP contribution < -0.4 is 5.32 Å². The van der Waals surface area contributed by atoms with Crippen molar-refractivity contribution in [1.29, 1.82) is 5.26 Å². The number of nitriles is 1. The molecular weight excluding hydrogens is 348 g/mol. The molecule has 2 heterocycles. The normalized spacial score (nSPS) is 11.2. The van der Waals surface area contributed by atoms with Crippen LogP contribution in [0.4, 0.5) is 0 Å². The molecule has 0 bridgehead atoms. The van der Waals surface area contributed by atoms with Gasteiger partial charge in [0.25, 0.3) is 5.91 Å². The number of hydrogen-bond donors (Lipinski definition) is 1. The molecule has 1 N–H and O–H groups in total. The summed E-state index contributed by atoms with van der Waals surface area (Å²) in [4.78, 5) is 13.2. The Bertz CT molecular complexity index is 948. The molecule has 1 aromatic carbocycles. The lowest BCUT2D eigenvalue weighted by molar-refractivity contribution is -0.117. The summed E-state index contributed by atoms with van der Waals surface area (Å²) in [6.07, 6.45) is 2.95. The van der Waals surface area contributed by atoms with Gasteiger partial charge in [-0.05, 0) is 43.3 Å². The maximum absolute atomic E-state index is 12.1. The summed E-state index contributed by atoms with van der Waals surface area (Å²) < 4.78 is 10.8. The molecule has 0 aliphatic rings. The fourth-order valence-corrected chi connectivity index (χ4v) is 2.93. The minimum atomic E-state index is -0.479. The highest BCUT2D eigenvalue weighted by Crippen LogP contribution is 2.30. The highest BCUT2D eigenvalue weighted by atomic mass is 32.2. The molecule has 0 spiro atoms. The van der Waals surface area contributed by atoms with Crippen LogP contribution in [0.25, 0.3) is 6.08 Å². The second-order valence-corrected chi connectivity index (χ2v) is 6.58. The number of benzene rings is 1. The third-order valence-electron chi connectivity index (χ3n) is 3.50. The smallest absolute Gasteiger partial charge is 0.262 e. The van der Waals surface area contributed by atoms with Crippen LogP contribution in [0.15, 0.2) is 79.2 Å². The van der Waals surface area contributed by atoms with Gasteiger partial charge in [-0.25, -0.2) is 0 Å². The molecule has 0 saturated carbocycles. The first-order valence-electron chi connectivity index (χ1n) is 7.91. The summed E-state index contributed by atoms with van der Waals surface area (Å²) in [6.45, 7) is 2.25. The highest BCUT2D eigenvalue weighted by molar-refractivity contribution is 7.99. The molecule has 130 valence electrons. The van der Waals surface area contributed by atoms with E-state index in [1.165, 1.54) is 29.7 Å². The monoisotopic (exact) mass is 364 g/mol. The molecule has 3 aromatic rings. The second kappa shape index (κ2) is 8.28. The number of amides is 1. The van der Waals surface area contributed by atoms with Crippen LogP contribution in [-0.2, 0) is 11.3 Å². The van der Waals surface area contributed by atoms with E-state index < -0.39 is 5.91 Å². The Balaban J connectivity index is 1.65.